The number of fused-ring (bicyclic) bond motifs is 1. The lowest BCUT2D eigenvalue weighted by Gasteiger charge is -2.20. The summed E-state index contributed by atoms with van der Waals surface area (Å²) in [5, 5.41) is 0. The molecular formula is C22H29NO4. The number of amides is 2. The zero-order valence-electron chi connectivity index (χ0n) is 16.7. The monoisotopic (exact) mass is 371 g/mol. The van der Waals surface area contributed by atoms with Crippen LogP contribution in [0.1, 0.15) is 64.0 Å². The van der Waals surface area contributed by atoms with Crippen molar-refractivity contribution in [3.8, 4) is 5.75 Å². The lowest BCUT2D eigenvalue weighted by molar-refractivity contribution is -0.141. The molecule has 0 bridgehead atoms. The van der Waals surface area contributed by atoms with Gasteiger partial charge in [0.2, 0.25) is 11.8 Å². The van der Waals surface area contributed by atoms with Gasteiger partial charge in [-0.25, -0.2) is 0 Å². The molecule has 1 aliphatic carbocycles. The number of hydrogen-bond acceptors (Lipinski definition) is 4. The number of rotatable bonds is 4. The molecule has 0 radical (unpaired) electrons. The van der Waals surface area contributed by atoms with Gasteiger partial charge < -0.3 is 4.74 Å². The average molecular weight is 371 g/mol. The highest BCUT2D eigenvalue weighted by Gasteiger charge is 2.47. The number of likely N-dealkylation sites (tertiary alicyclic amines) is 1. The molecule has 1 aliphatic heterocycles. The summed E-state index contributed by atoms with van der Waals surface area (Å²) in [5.41, 5.74) is 2.10. The molecule has 2 atom stereocenters. The molecule has 2 amide bonds. The molecule has 5 heteroatoms. The average Bonchev–Trinajstić information content (AvgIpc) is 2.85. The van der Waals surface area contributed by atoms with Crippen molar-refractivity contribution < 1.29 is 19.1 Å². The molecule has 0 spiro atoms. The van der Waals surface area contributed by atoms with Gasteiger partial charge in [0.15, 0.2) is 0 Å². The first kappa shape index (κ1) is 19.6. The molecule has 0 N–H and O–H groups in total. The summed E-state index contributed by atoms with van der Waals surface area (Å²) in [6.07, 6.45) is 3.60. The third-order valence-corrected chi connectivity index (χ3v) is 5.74. The minimum atomic E-state index is -0.419. The van der Waals surface area contributed by atoms with Crippen LogP contribution in [0.5, 0.6) is 5.75 Å². The van der Waals surface area contributed by atoms with Gasteiger partial charge in [0.25, 0.3) is 0 Å². The van der Waals surface area contributed by atoms with Crippen LogP contribution in [0.25, 0.3) is 0 Å². The number of nitrogens with zero attached hydrogens (tertiary/aromatic N) is 1. The van der Waals surface area contributed by atoms with Gasteiger partial charge in [0.1, 0.15) is 5.75 Å². The molecule has 1 saturated heterocycles. The van der Waals surface area contributed by atoms with Crippen LogP contribution in [0.15, 0.2) is 18.2 Å². The van der Waals surface area contributed by atoms with Crippen LogP contribution in [0, 0.1) is 18.8 Å². The molecule has 146 valence electrons. The number of hydrogen-bond donors (Lipinski definition) is 0. The van der Waals surface area contributed by atoms with Crippen molar-refractivity contribution >= 4 is 17.8 Å². The van der Waals surface area contributed by atoms with Crippen molar-refractivity contribution in [3.05, 3.63) is 29.3 Å². The first-order chi connectivity index (χ1) is 12.7. The van der Waals surface area contributed by atoms with Gasteiger partial charge >= 0.3 is 5.97 Å². The van der Waals surface area contributed by atoms with Crippen molar-refractivity contribution in [2.45, 2.75) is 65.2 Å². The maximum Gasteiger partial charge on any atom is 0.313 e. The van der Waals surface area contributed by atoms with E-state index < -0.39 is 5.97 Å². The highest BCUT2D eigenvalue weighted by atomic mass is 16.5. The molecular weight excluding hydrogens is 342 g/mol. The van der Waals surface area contributed by atoms with E-state index in [1.54, 1.807) is 0 Å². The number of imide groups is 1. The van der Waals surface area contributed by atoms with Crippen molar-refractivity contribution in [1.82, 2.24) is 4.90 Å². The smallest absolute Gasteiger partial charge is 0.313 e. The number of benzene rings is 1. The Hall–Kier alpha value is -2.17. The van der Waals surface area contributed by atoms with Gasteiger partial charge in [0, 0.05) is 6.54 Å². The van der Waals surface area contributed by atoms with Crippen molar-refractivity contribution in [3.63, 3.8) is 0 Å². The highest BCUT2D eigenvalue weighted by Crippen LogP contribution is 2.38. The number of aryl methyl sites for hydroxylation is 1. The molecule has 2 fully saturated rings. The van der Waals surface area contributed by atoms with Gasteiger partial charge in [-0.15, -0.1) is 0 Å². The number of ether oxygens (including phenoxy) is 1. The second-order valence-corrected chi connectivity index (χ2v) is 8.78. The standard InChI is InChI=1S/C22H29NO4/c1-14-13-15(22(2,3)4)9-10-18(14)27-19(24)11-12-23-20(25)16-7-5-6-8-17(16)21(23)26/h9-10,13,16-17H,5-8,11-12H2,1-4H3/t16-,17+. The van der Waals surface area contributed by atoms with Crippen molar-refractivity contribution in [2.75, 3.05) is 6.54 Å². The topological polar surface area (TPSA) is 63.7 Å². The lowest BCUT2D eigenvalue weighted by Crippen LogP contribution is -2.33. The Labute approximate surface area is 161 Å². The van der Waals surface area contributed by atoms with Crippen LogP contribution in [0.4, 0.5) is 0 Å². The van der Waals surface area contributed by atoms with E-state index in [9.17, 15) is 14.4 Å². The summed E-state index contributed by atoms with van der Waals surface area (Å²) >= 11 is 0. The van der Waals surface area contributed by atoms with Gasteiger partial charge in [-0.05, 0) is 42.4 Å². The van der Waals surface area contributed by atoms with Crippen LogP contribution in [0.3, 0.4) is 0 Å². The second-order valence-electron chi connectivity index (χ2n) is 8.78. The van der Waals surface area contributed by atoms with Gasteiger partial charge in [-0.2, -0.15) is 0 Å². The van der Waals surface area contributed by atoms with Crippen LogP contribution in [0.2, 0.25) is 0 Å². The molecule has 3 rings (SSSR count). The Balaban J connectivity index is 1.59. The van der Waals surface area contributed by atoms with Crippen LogP contribution in [-0.2, 0) is 19.8 Å². The maximum atomic E-state index is 12.5. The predicted octanol–water partition coefficient (Wildman–Crippen LogP) is 3.76. The molecule has 0 unspecified atom stereocenters. The van der Waals surface area contributed by atoms with Crippen LogP contribution >= 0.6 is 0 Å². The largest absolute Gasteiger partial charge is 0.426 e. The van der Waals surface area contributed by atoms with Crippen LogP contribution in [-0.4, -0.2) is 29.2 Å². The van der Waals surface area contributed by atoms with E-state index in [0.717, 1.165) is 31.2 Å². The third kappa shape index (κ3) is 4.07. The molecule has 5 nitrogen and oxygen atoms in total. The minimum absolute atomic E-state index is 0.0252. The molecule has 2 aliphatic rings. The summed E-state index contributed by atoms with van der Waals surface area (Å²) in [4.78, 5) is 38.5. The summed E-state index contributed by atoms with van der Waals surface area (Å²) < 4.78 is 5.47. The van der Waals surface area contributed by atoms with Gasteiger partial charge in [0.05, 0.1) is 18.3 Å². The first-order valence-corrected chi connectivity index (χ1v) is 9.85. The van der Waals surface area contributed by atoms with Crippen LogP contribution < -0.4 is 4.74 Å². The van der Waals surface area contributed by atoms with E-state index in [4.69, 9.17) is 4.74 Å². The Bertz CT molecular complexity index is 738. The fourth-order valence-corrected chi connectivity index (χ4v) is 4.06. The van der Waals surface area contributed by atoms with E-state index in [0.29, 0.717) is 5.75 Å². The molecule has 1 aromatic carbocycles. The Morgan fingerprint density at radius 1 is 1.11 bits per heavy atom. The fraction of sp³-hybridized carbons (Fsp3) is 0.591. The normalized spacial score (nSPS) is 22.7. The summed E-state index contributed by atoms with van der Waals surface area (Å²) in [6.45, 7) is 8.43. The zero-order valence-corrected chi connectivity index (χ0v) is 16.7. The summed E-state index contributed by atoms with van der Waals surface area (Å²) in [5.74, 6) is -0.451. The Morgan fingerprint density at radius 3 is 2.22 bits per heavy atom. The lowest BCUT2D eigenvalue weighted by atomic mass is 9.81. The van der Waals surface area contributed by atoms with E-state index in [1.807, 2.05) is 25.1 Å². The number of esters is 1. The first-order valence-electron chi connectivity index (χ1n) is 9.85. The van der Waals surface area contributed by atoms with E-state index >= 15 is 0 Å². The second kappa shape index (κ2) is 7.45. The zero-order chi connectivity index (χ0) is 19.8. The van der Waals surface area contributed by atoms with E-state index in [-0.39, 0.29) is 42.0 Å². The SMILES string of the molecule is Cc1cc(C(C)(C)C)ccc1OC(=O)CCN1C(=O)[C@H]2CCCC[C@H]2C1=O. The number of carbonyl (C=O) groups excluding carboxylic acids is 3. The molecule has 0 aromatic heterocycles. The van der Waals surface area contributed by atoms with E-state index in [2.05, 4.69) is 20.8 Å². The predicted molar refractivity (Wildman–Crippen MR) is 102 cm³/mol. The summed E-state index contributed by atoms with van der Waals surface area (Å²) in [6, 6.07) is 5.81. The van der Waals surface area contributed by atoms with Crippen molar-refractivity contribution in [1.29, 1.82) is 0 Å². The van der Waals surface area contributed by atoms with Gasteiger partial charge in [-0.1, -0.05) is 45.7 Å². The minimum Gasteiger partial charge on any atom is -0.426 e. The fourth-order valence-electron chi connectivity index (χ4n) is 4.06. The quantitative estimate of drug-likeness (QED) is 0.459. The maximum absolute atomic E-state index is 12.5. The van der Waals surface area contributed by atoms with Gasteiger partial charge in [-0.3, -0.25) is 19.3 Å². The van der Waals surface area contributed by atoms with Crippen molar-refractivity contribution in [2.24, 2.45) is 11.8 Å². The number of carbonyl (C=O) groups is 3. The van der Waals surface area contributed by atoms with E-state index in [1.165, 1.54) is 10.5 Å². The third-order valence-electron chi connectivity index (χ3n) is 5.74. The Morgan fingerprint density at radius 2 is 1.70 bits per heavy atom. The molecule has 1 heterocycles. The molecule has 1 saturated carbocycles. The highest BCUT2D eigenvalue weighted by molar-refractivity contribution is 6.05. The summed E-state index contributed by atoms with van der Waals surface area (Å²) in [7, 11) is 0. The Kier molecular flexibility index (Phi) is 5.41. The molecule has 1 aromatic rings. The molecule has 27 heavy (non-hydrogen) atoms.